The number of benzene rings is 1. The Kier molecular flexibility index (Phi) is 12.0. The first-order valence-electron chi connectivity index (χ1n) is 8.70. The van der Waals surface area contributed by atoms with Crippen LogP contribution in [0.5, 0.6) is 0 Å². The van der Waals surface area contributed by atoms with Crippen LogP contribution in [-0.2, 0) is 0 Å². The summed E-state index contributed by atoms with van der Waals surface area (Å²) in [5, 5.41) is 0. The van der Waals surface area contributed by atoms with Gasteiger partial charge in [-0.05, 0) is 42.2 Å². The van der Waals surface area contributed by atoms with E-state index >= 15 is 0 Å². The molecule has 0 nitrogen and oxygen atoms in total. The van der Waals surface area contributed by atoms with Crippen LogP contribution in [0.3, 0.4) is 0 Å². The van der Waals surface area contributed by atoms with Crippen molar-refractivity contribution in [2.75, 3.05) is 17.3 Å². The number of hydrogen-bond donors (Lipinski definition) is 0. The highest BCUT2D eigenvalue weighted by molar-refractivity contribution is 8.09. The van der Waals surface area contributed by atoms with Gasteiger partial charge in [-0.2, -0.15) is 11.8 Å². The highest BCUT2D eigenvalue weighted by Crippen LogP contribution is 2.28. The first kappa shape index (κ1) is 20.2. The third kappa shape index (κ3) is 9.15. The Morgan fingerprint density at radius 3 is 2.43 bits per heavy atom. The molecule has 1 aromatic carbocycles. The summed E-state index contributed by atoms with van der Waals surface area (Å²) in [4.78, 5) is 1.27. The third-order valence-electron chi connectivity index (χ3n) is 3.46. The average Bonchev–Trinajstić information content (AvgIpc) is 2.60. The Morgan fingerprint density at radius 2 is 1.78 bits per heavy atom. The van der Waals surface area contributed by atoms with Crippen molar-refractivity contribution in [1.82, 2.24) is 0 Å². The van der Waals surface area contributed by atoms with Gasteiger partial charge in [-0.25, -0.2) is 0 Å². The van der Waals surface area contributed by atoms with Gasteiger partial charge in [-0.3, -0.25) is 0 Å². The maximum Gasteiger partial charge on any atom is 0.0562 e. The van der Waals surface area contributed by atoms with Gasteiger partial charge < -0.3 is 0 Å². The minimum atomic E-state index is 1.12. The number of hydrogen-bond acceptors (Lipinski definition) is 2. The zero-order chi connectivity index (χ0) is 16.8. The number of unbranched alkanes of at least 4 members (excludes halogenated alkanes) is 3. The SMILES string of the molecule is C=Cc1ccc(C(=C=CCCCC)SCCSCCCC)cc1. The summed E-state index contributed by atoms with van der Waals surface area (Å²) >= 11 is 4.00. The molecule has 0 atom stereocenters. The first-order chi connectivity index (χ1) is 11.3. The molecular weight excluding hydrogens is 316 g/mol. The molecule has 0 radical (unpaired) electrons. The summed E-state index contributed by atoms with van der Waals surface area (Å²) in [6.07, 6.45) is 10.3. The monoisotopic (exact) mass is 346 g/mol. The van der Waals surface area contributed by atoms with Crippen LogP contribution in [0.1, 0.15) is 57.1 Å². The molecular formula is C21H30S2. The van der Waals surface area contributed by atoms with Crippen molar-refractivity contribution in [3.63, 3.8) is 0 Å². The van der Waals surface area contributed by atoms with Gasteiger partial charge in [-0.1, -0.05) is 63.6 Å². The molecule has 1 aromatic rings. The lowest BCUT2D eigenvalue weighted by Crippen LogP contribution is -1.88. The van der Waals surface area contributed by atoms with Gasteiger partial charge in [-0.15, -0.1) is 17.5 Å². The van der Waals surface area contributed by atoms with Crippen molar-refractivity contribution >= 4 is 34.5 Å². The molecule has 0 N–H and O–H groups in total. The van der Waals surface area contributed by atoms with Crippen LogP contribution in [0.15, 0.2) is 42.7 Å². The smallest absolute Gasteiger partial charge is 0.0562 e. The lowest BCUT2D eigenvalue weighted by Gasteiger charge is -2.06. The van der Waals surface area contributed by atoms with Crippen LogP contribution in [-0.4, -0.2) is 17.3 Å². The minimum Gasteiger partial charge on any atom is -0.161 e. The molecule has 0 aromatic heterocycles. The maximum atomic E-state index is 3.82. The predicted molar refractivity (Wildman–Crippen MR) is 112 cm³/mol. The molecule has 0 bridgehead atoms. The molecule has 0 saturated heterocycles. The lowest BCUT2D eigenvalue weighted by atomic mass is 10.1. The number of rotatable bonds is 12. The first-order valence-corrected chi connectivity index (χ1v) is 10.8. The van der Waals surface area contributed by atoms with E-state index in [0.29, 0.717) is 0 Å². The molecule has 0 unspecified atom stereocenters. The molecule has 1 rings (SSSR count). The highest BCUT2D eigenvalue weighted by atomic mass is 32.2. The normalized spacial score (nSPS) is 10.2. The standard InChI is InChI=1S/C21H30S2/c1-4-7-9-10-11-21(23-18-17-22-16-8-5-2)20-14-12-19(6-3)13-15-20/h6,10,12-15H,3-5,7-9,16-18H2,1-2H3. The van der Waals surface area contributed by atoms with Gasteiger partial charge in [0.2, 0.25) is 0 Å². The van der Waals surface area contributed by atoms with Crippen LogP contribution in [0.4, 0.5) is 0 Å². The third-order valence-corrected chi connectivity index (χ3v) is 5.84. The van der Waals surface area contributed by atoms with Gasteiger partial charge in [0.25, 0.3) is 0 Å². The Morgan fingerprint density at radius 1 is 1.04 bits per heavy atom. The van der Waals surface area contributed by atoms with E-state index in [1.54, 1.807) is 0 Å². The Labute approximate surface area is 151 Å². The van der Waals surface area contributed by atoms with Crippen LogP contribution < -0.4 is 0 Å². The van der Waals surface area contributed by atoms with Crippen molar-refractivity contribution < 1.29 is 0 Å². The molecule has 126 valence electrons. The van der Waals surface area contributed by atoms with E-state index in [4.69, 9.17) is 0 Å². The summed E-state index contributed by atoms with van der Waals surface area (Å²) < 4.78 is 0. The van der Waals surface area contributed by atoms with Crippen LogP contribution in [0, 0.1) is 0 Å². The Hall–Kier alpha value is -0.820. The molecule has 0 saturated carbocycles. The summed E-state index contributed by atoms with van der Waals surface area (Å²) in [6, 6.07) is 8.63. The second-order valence-corrected chi connectivity index (χ2v) is 7.79. The van der Waals surface area contributed by atoms with E-state index in [1.807, 2.05) is 17.8 Å². The molecule has 0 fully saturated rings. The summed E-state index contributed by atoms with van der Waals surface area (Å²) in [7, 11) is 0. The Balaban J connectivity index is 2.64. The van der Waals surface area contributed by atoms with Gasteiger partial charge in [0.05, 0.1) is 4.91 Å². The molecule has 0 aliphatic carbocycles. The summed E-state index contributed by atoms with van der Waals surface area (Å²) in [5.74, 6) is 3.66. The van der Waals surface area contributed by atoms with Gasteiger partial charge >= 0.3 is 0 Å². The predicted octanol–water partition coefficient (Wildman–Crippen LogP) is 7.28. The van der Waals surface area contributed by atoms with Crippen molar-refractivity contribution in [3.8, 4) is 0 Å². The number of allylic oxidation sites excluding steroid dienone is 1. The molecule has 2 heteroatoms. The second-order valence-electron chi connectivity index (χ2n) is 5.46. The lowest BCUT2D eigenvalue weighted by molar-refractivity contribution is 0.815. The quantitative estimate of drug-likeness (QED) is 0.288. The summed E-state index contributed by atoms with van der Waals surface area (Å²) in [6.45, 7) is 8.31. The molecule has 23 heavy (non-hydrogen) atoms. The summed E-state index contributed by atoms with van der Waals surface area (Å²) in [5.41, 5.74) is 5.97. The molecule has 0 aliphatic rings. The van der Waals surface area contributed by atoms with Crippen molar-refractivity contribution in [2.45, 2.75) is 46.0 Å². The van der Waals surface area contributed by atoms with Crippen molar-refractivity contribution in [2.24, 2.45) is 0 Å². The average molecular weight is 347 g/mol. The largest absolute Gasteiger partial charge is 0.161 e. The fourth-order valence-corrected chi connectivity index (χ4v) is 4.18. The molecule has 0 heterocycles. The molecule has 0 amide bonds. The van der Waals surface area contributed by atoms with E-state index in [9.17, 15) is 0 Å². The van der Waals surface area contributed by atoms with Crippen LogP contribution in [0.25, 0.3) is 11.0 Å². The minimum absolute atomic E-state index is 1.12. The Bertz CT molecular complexity index is 493. The molecule has 0 aliphatic heterocycles. The zero-order valence-corrected chi connectivity index (χ0v) is 16.3. The zero-order valence-electron chi connectivity index (χ0n) is 14.6. The highest BCUT2D eigenvalue weighted by Gasteiger charge is 2.02. The van der Waals surface area contributed by atoms with E-state index in [-0.39, 0.29) is 0 Å². The van der Waals surface area contributed by atoms with E-state index in [2.05, 4.69) is 68.3 Å². The van der Waals surface area contributed by atoms with Crippen molar-refractivity contribution in [3.05, 3.63) is 53.8 Å². The van der Waals surface area contributed by atoms with Gasteiger partial charge in [0.15, 0.2) is 0 Å². The van der Waals surface area contributed by atoms with E-state index in [0.717, 1.165) is 12.2 Å². The van der Waals surface area contributed by atoms with E-state index in [1.165, 1.54) is 53.2 Å². The number of thioether (sulfide) groups is 2. The molecule has 0 spiro atoms. The van der Waals surface area contributed by atoms with Crippen LogP contribution >= 0.6 is 23.5 Å². The van der Waals surface area contributed by atoms with E-state index < -0.39 is 0 Å². The van der Waals surface area contributed by atoms with Crippen LogP contribution in [0.2, 0.25) is 0 Å². The van der Waals surface area contributed by atoms with Gasteiger partial charge in [0, 0.05) is 11.5 Å². The maximum absolute atomic E-state index is 3.82. The second kappa shape index (κ2) is 13.6. The topological polar surface area (TPSA) is 0 Å². The fraction of sp³-hybridized carbons (Fsp3) is 0.476. The fourth-order valence-electron chi connectivity index (χ4n) is 2.00. The van der Waals surface area contributed by atoms with Gasteiger partial charge in [0.1, 0.15) is 0 Å². The van der Waals surface area contributed by atoms with Crippen molar-refractivity contribution in [1.29, 1.82) is 0 Å².